The molecule has 2 aromatic carbocycles. The number of aryl methyl sites for hydroxylation is 1. The number of nitriles is 1. The molecule has 4 rings (SSSR count). The molecule has 2 aliphatic carbocycles. The van der Waals surface area contributed by atoms with Gasteiger partial charge < -0.3 is 0 Å². The fourth-order valence-corrected chi connectivity index (χ4v) is 5.74. The molecule has 0 heterocycles. The van der Waals surface area contributed by atoms with Crippen molar-refractivity contribution in [2.75, 3.05) is 0 Å². The van der Waals surface area contributed by atoms with Gasteiger partial charge in [0.15, 0.2) is 5.78 Å². The summed E-state index contributed by atoms with van der Waals surface area (Å²) < 4.78 is 13.3. The van der Waals surface area contributed by atoms with Crippen LogP contribution in [0.2, 0.25) is 0 Å². The molecule has 0 spiro atoms. The first-order chi connectivity index (χ1) is 12.9. The number of rotatable bonds is 3. The Morgan fingerprint density at radius 3 is 2.48 bits per heavy atom. The number of hydrogen-bond acceptors (Lipinski definition) is 3. The molecule has 0 saturated heterocycles. The minimum Gasteiger partial charge on any atom is -0.295 e. The Kier molecular flexibility index (Phi) is 4.36. The number of benzene rings is 2. The molecule has 1 saturated carbocycles. The third kappa shape index (κ3) is 2.87. The van der Waals surface area contributed by atoms with Crippen LogP contribution in [0, 0.1) is 24.2 Å². The highest BCUT2D eigenvalue weighted by atomic mass is 32.2. The van der Waals surface area contributed by atoms with Gasteiger partial charge in [0.2, 0.25) is 0 Å². The van der Waals surface area contributed by atoms with Crippen LogP contribution in [0.5, 0.6) is 0 Å². The molecule has 4 heteroatoms. The van der Waals surface area contributed by atoms with Crippen molar-refractivity contribution in [1.82, 2.24) is 0 Å². The third-order valence-electron chi connectivity index (χ3n) is 5.96. The van der Waals surface area contributed by atoms with E-state index in [0.717, 1.165) is 27.2 Å². The number of nitrogens with zero attached hydrogens (tertiary/aromatic N) is 1. The van der Waals surface area contributed by atoms with E-state index in [9.17, 15) is 14.3 Å². The number of ketones is 1. The lowest BCUT2D eigenvalue weighted by Gasteiger charge is -2.24. The quantitative estimate of drug-likeness (QED) is 0.786. The summed E-state index contributed by atoms with van der Waals surface area (Å²) in [6.07, 6.45) is 1.70. The Balaban J connectivity index is 1.79. The van der Waals surface area contributed by atoms with E-state index < -0.39 is 16.2 Å². The molecule has 1 fully saturated rings. The number of Topliss-reactive ketones (excluding diaryl/α,β-unsaturated/α-hetero) is 1. The summed E-state index contributed by atoms with van der Waals surface area (Å²) in [5.74, 6) is 0.357. The lowest BCUT2D eigenvalue weighted by molar-refractivity contribution is -0.115. The van der Waals surface area contributed by atoms with Crippen molar-refractivity contribution in [3.05, 3.63) is 70.8 Å². The highest BCUT2D eigenvalue weighted by Gasteiger charge is 2.49. The molecule has 0 aromatic heterocycles. The van der Waals surface area contributed by atoms with Crippen molar-refractivity contribution in [2.24, 2.45) is 5.92 Å². The topological polar surface area (TPSA) is 57.9 Å². The Morgan fingerprint density at radius 1 is 1.11 bits per heavy atom. The van der Waals surface area contributed by atoms with Crippen LogP contribution in [0.15, 0.2) is 69.5 Å². The Labute approximate surface area is 162 Å². The van der Waals surface area contributed by atoms with Gasteiger partial charge in [0.1, 0.15) is 0 Å². The highest BCUT2D eigenvalue weighted by Crippen LogP contribution is 2.53. The van der Waals surface area contributed by atoms with E-state index in [0.29, 0.717) is 24.2 Å². The van der Waals surface area contributed by atoms with Gasteiger partial charge in [-0.05, 0) is 61.9 Å². The third-order valence-corrected chi connectivity index (χ3v) is 7.42. The average Bonchev–Trinajstić information content (AvgIpc) is 3.18. The van der Waals surface area contributed by atoms with Crippen molar-refractivity contribution in [3.8, 4) is 6.07 Å². The maximum Gasteiger partial charge on any atom is 0.159 e. The fraction of sp³-hybridized carbons (Fsp3) is 0.304. The van der Waals surface area contributed by atoms with Crippen molar-refractivity contribution in [1.29, 1.82) is 5.26 Å². The smallest absolute Gasteiger partial charge is 0.159 e. The van der Waals surface area contributed by atoms with Gasteiger partial charge in [0.25, 0.3) is 0 Å². The second-order valence-electron chi connectivity index (χ2n) is 7.63. The van der Waals surface area contributed by atoms with Crippen molar-refractivity contribution < 1.29 is 9.00 Å². The zero-order valence-electron chi connectivity index (χ0n) is 15.5. The van der Waals surface area contributed by atoms with Gasteiger partial charge in [-0.1, -0.05) is 41.5 Å². The first-order valence-corrected chi connectivity index (χ1v) is 10.3. The van der Waals surface area contributed by atoms with E-state index in [-0.39, 0.29) is 11.7 Å². The molecule has 0 amide bonds. The maximum absolute atomic E-state index is 13.3. The summed E-state index contributed by atoms with van der Waals surface area (Å²) in [5, 5.41) is 10.1. The zero-order chi connectivity index (χ0) is 19.2. The second kappa shape index (κ2) is 6.58. The molecule has 3 nitrogen and oxygen atoms in total. The summed E-state index contributed by atoms with van der Waals surface area (Å²) in [6.45, 7) is 3.88. The van der Waals surface area contributed by atoms with Gasteiger partial charge in [-0.15, -0.1) is 0 Å². The van der Waals surface area contributed by atoms with E-state index in [2.05, 4.69) is 6.07 Å². The van der Waals surface area contributed by atoms with E-state index >= 15 is 0 Å². The first-order valence-electron chi connectivity index (χ1n) is 9.17. The monoisotopic (exact) mass is 375 g/mol. The van der Waals surface area contributed by atoms with Crippen LogP contribution < -0.4 is 0 Å². The molecular formula is C23H21NO2S. The lowest BCUT2D eigenvalue weighted by atomic mass is 9.78. The number of hydrogen-bond donors (Lipinski definition) is 0. The van der Waals surface area contributed by atoms with Crippen molar-refractivity contribution >= 4 is 16.6 Å². The predicted octanol–water partition coefficient (Wildman–Crippen LogP) is 4.62. The normalized spacial score (nSPS) is 25.4. The Bertz CT molecular complexity index is 1030. The zero-order valence-corrected chi connectivity index (χ0v) is 16.3. The fourth-order valence-electron chi connectivity index (χ4n) is 4.44. The molecule has 0 radical (unpaired) electrons. The standard InChI is InChI=1S/C23H21NO2S/c1-15-7-9-18(10-8-15)27(26)22-6-4-3-5-20(22)23(14-24)12-17-11-21(25)16(2)19(17)13-23/h3-10,17H,11-13H2,1-2H3/t17-,23-,27+/m1/s1. The van der Waals surface area contributed by atoms with Gasteiger partial charge >= 0.3 is 0 Å². The summed E-state index contributed by atoms with van der Waals surface area (Å²) >= 11 is 0. The molecule has 0 N–H and O–H groups in total. The van der Waals surface area contributed by atoms with Gasteiger partial charge in [0, 0.05) is 16.2 Å². The summed E-state index contributed by atoms with van der Waals surface area (Å²) in [6, 6.07) is 17.8. The molecule has 0 aliphatic heterocycles. The number of allylic oxidation sites excluding steroid dienone is 2. The Morgan fingerprint density at radius 2 is 1.81 bits per heavy atom. The van der Waals surface area contributed by atoms with Crippen LogP contribution in [-0.4, -0.2) is 9.99 Å². The number of carbonyl (C=O) groups excluding carboxylic acids is 1. The Hall–Kier alpha value is -2.51. The first kappa shape index (κ1) is 17.9. The maximum atomic E-state index is 13.3. The van der Waals surface area contributed by atoms with Gasteiger partial charge in [-0.2, -0.15) is 5.26 Å². The minimum absolute atomic E-state index is 0.151. The summed E-state index contributed by atoms with van der Waals surface area (Å²) in [5.41, 5.74) is 3.20. The summed E-state index contributed by atoms with van der Waals surface area (Å²) in [4.78, 5) is 13.5. The predicted molar refractivity (Wildman–Crippen MR) is 105 cm³/mol. The minimum atomic E-state index is -1.35. The molecule has 2 aromatic rings. The van der Waals surface area contributed by atoms with Crippen LogP contribution in [0.4, 0.5) is 0 Å². The van der Waals surface area contributed by atoms with E-state index in [1.54, 1.807) is 0 Å². The second-order valence-corrected chi connectivity index (χ2v) is 9.08. The molecular weight excluding hydrogens is 354 g/mol. The molecule has 27 heavy (non-hydrogen) atoms. The van der Waals surface area contributed by atoms with Crippen LogP contribution in [-0.2, 0) is 21.0 Å². The summed E-state index contributed by atoms with van der Waals surface area (Å²) in [7, 11) is -1.35. The van der Waals surface area contributed by atoms with Crippen LogP contribution in [0.25, 0.3) is 0 Å². The van der Waals surface area contributed by atoms with Crippen molar-refractivity contribution in [3.63, 3.8) is 0 Å². The highest BCUT2D eigenvalue weighted by molar-refractivity contribution is 7.85. The van der Waals surface area contributed by atoms with Crippen LogP contribution in [0.3, 0.4) is 0 Å². The van der Waals surface area contributed by atoms with Gasteiger partial charge in [0.05, 0.1) is 22.3 Å². The van der Waals surface area contributed by atoms with E-state index in [1.165, 1.54) is 0 Å². The lowest BCUT2D eigenvalue weighted by Crippen LogP contribution is -2.23. The van der Waals surface area contributed by atoms with Crippen LogP contribution in [0.1, 0.15) is 37.3 Å². The molecule has 0 bridgehead atoms. The van der Waals surface area contributed by atoms with E-state index in [4.69, 9.17) is 0 Å². The number of fused-ring (bicyclic) bond motifs is 1. The molecule has 136 valence electrons. The van der Waals surface area contributed by atoms with Crippen LogP contribution >= 0.6 is 0 Å². The molecule has 3 atom stereocenters. The molecule has 0 unspecified atom stereocenters. The van der Waals surface area contributed by atoms with Crippen molar-refractivity contribution in [2.45, 2.75) is 48.3 Å². The largest absolute Gasteiger partial charge is 0.295 e. The molecule has 2 aliphatic rings. The SMILES string of the molecule is CC1=C2C[C@](C#N)(c3ccccc3[S@@](=O)c3ccc(C)cc3)C[C@H]2CC1=O. The van der Waals surface area contributed by atoms with E-state index in [1.807, 2.05) is 62.4 Å². The van der Waals surface area contributed by atoms with Gasteiger partial charge in [-0.3, -0.25) is 4.79 Å². The average molecular weight is 375 g/mol. The number of carbonyl (C=O) groups is 1. The van der Waals surface area contributed by atoms with Gasteiger partial charge in [-0.25, -0.2) is 4.21 Å².